The van der Waals surface area contributed by atoms with Crippen molar-refractivity contribution in [1.82, 2.24) is 0 Å². The molecule has 0 saturated carbocycles. The third kappa shape index (κ3) is 0.948. The number of hydrogen-bond donors (Lipinski definition) is 1. The molecule has 2 saturated heterocycles. The molecule has 4 atom stereocenters. The molecule has 0 radical (unpaired) electrons. The maximum absolute atomic E-state index is 10.6. The molecule has 62 valence electrons. The average Bonchev–Trinajstić information content (AvgIpc) is 2.43. The molecule has 2 bridgehead atoms. The van der Waals surface area contributed by atoms with Gasteiger partial charge in [0.1, 0.15) is 0 Å². The Kier molecular flexibility index (Phi) is 1.42. The Labute approximate surface area is 65.4 Å². The third-order valence-corrected chi connectivity index (χ3v) is 2.84. The van der Waals surface area contributed by atoms with E-state index in [1.807, 2.05) is 0 Å². The lowest BCUT2D eigenvalue weighted by molar-refractivity contribution is -0.143. The van der Waals surface area contributed by atoms with Gasteiger partial charge in [-0.2, -0.15) is 0 Å². The molecule has 0 aromatic rings. The zero-order valence-corrected chi connectivity index (χ0v) is 6.49. The van der Waals surface area contributed by atoms with Crippen LogP contribution in [0.25, 0.3) is 0 Å². The average molecular weight is 156 g/mol. The number of fused-ring (bicyclic) bond motifs is 2. The standard InChI is InChI=1S/C8H12O3/c1-4-2-7-5(8(9)10)3-6(4)11-7/h4-7H,2-3H2,1H3,(H,9,10). The van der Waals surface area contributed by atoms with Crippen molar-refractivity contribution >= 4 is 5.97 Å². The molecule has 0 aliphatic carbocycles. The summed E-state index contributed by atoms with van der Waals surface area (Å²) in [6.07, 6.45) is 1.89. The van der Waals surface area contributed by atoms with Gasteiger partial charge in [0.05, 0.1) is 18.1 Å². The van der Waals surface area contributed by atoms with Crippen molar-refractivity contribution in [3.8, 4) is 0 Å². The predicted octanol–water partition coefficient (Wildman–Crippen LogP) is 0.885. The maximum Gasteiger partial charge on any atom is 0.309 e. The quantitative estimate of drug-likeness (QED) is 0.613. The van der Waals surface area contributed by atoms with Crippen LogP contribution >= 0.6 is 0 Å². The van der Waals surface area contributed by atoms with Gasteiger partial charge in [0.25, 0.3) is 0 Å². The fourth-order valence-electron chi connectivity index (χ4n) is 2.14. The molecule has 4 unspecified atom stereocenters. The smallest absolute Gasteiger partial charge is 0.309 e. The van der Waals surface area contributed by atoms with E-state index in [4.69, 9.17) is 9.84 Å². The van der Waals surface area contributed by atoms with Crippen LogP contribution in [0, 0.1) is 11.8 Å². The second-order valence-corrected chi connectivity index (χ2v) is 3.61. The fraction of sp³-hybridized carbons (Fsp3) is 0.875. The minimum Gasteiger partial charge on any atom is -0.481 e. The Morgan fingerprint density at radius 3 is 2.55 bits per heavy atom. The molecule has 0 spiro atoms. The minimum atomic E-state index is -0.690. The summed E-state index contributed by atoms with van der Waals surface area (Å²) in [5, 5.41) is 8.74. The molecule has 3 heteroatoms. The maximum atomic E-state index is 10.6. The minimum absolute atomic E-state index is 0.00694. The number of hydrogen-bond acceptors (Lipinski definition) is 2. The topological polar surface area (TPSA) is 46.5 Å². The van der Waals surface area contributed by atoms with E-state index in [1.54, 1.807) is 0 Å². The molecule has 2 aliphatic rings. The highest BCUT2D eigenvalue weighted by Gasteiger charge is 2.48. The van der Waals surface area contributed by atoms with Crippen LogP contribution in [0.3, 0.4) is 0 Å². The van der Waals surface area contributed by atoms with Gasteiger partial charge < -0.3 is 9.84 Å². The first-order valence-electron chi connectivity index (χ1n) is 4.06. The number of carboxylic acid groups (broad SMARTS) is 1. The Balaban J connectivity index is 2.08. The molecule has 2 rings (SSSR count). The monoisotopic (exact) mass is 156 g/mol. The summed E-state index contributed by atoms with van der Waals surface area (Å²) in [5.74, 6) is -0.351. The SMILES string of the molecule is CC1CC2OC1CC2C(=O)O. The van der Waals surface area contributed by atoms with Crippen LogP contribution in [-0.4, -0.2) is 23.3 Å². The largest absolute Gasteiger partial charge is 0.481 e. The molecule has 0 aromatic carbocycles. The summed E-state index contributed by atoms with van der Waals surface area (Å²) < 4.78 is 5.48. The summed E-state index contributed by atoms with van der Waals surface area (Å²) >= 11 is 0. The van der Waals surface area contributed by atoms with Crippen LogP contribution in [0.1, 0.15) is 19.8 Å². The van der Waals surface area contributed by atoms with E-state index >= 15 is 0 Å². The second-order valence-electron chi connectivity index (χ2n) is 3.61. The van der Waals surface area contributed by atoms with Gasteiger partial charge in [-0.25, -0.2) is 0 Å². The fourth-order valence-corrected chi connectivity index (χ4v) is 2.14. The van der Waals surface area contributed by atoms with Crippen molar-refractivity contribution in [2.45, 2.75) is 32.0 Å². The molecule has 2 fully saturated rings. The van der Waals surface area contributed by atoms with Crippen molar-refractivity contribution in [1.29, 1.82) is 0 Å². The van der Waals surface area contributed by atoms with Crippen LogP contribution in [0.5, 0.6) is 0 Å². The van der Waals surface area contributed by atoms with Crippen molar-refractivity contribution in [3.05, 3.63) is 0 Å². The molecule has 0 amide bonds. The van der Waals surface area contributed by atoms with Gasteiger partial charge in [0, 0.05) is 0 Å². The van der Waals surface area contributed by atoms with Gasteiger partial charge in [0.15, 0.2) is 0 Å². The number of carboxylic acids is 1. The summed E-state index contributed by atoms with van der Waals surface area (Å²) in [5.41, 5.74) is 0. The summed E-state index contributed by atoms with van der Waals surface area (Å²) in [4.78, 5) is 10.6. The Bertz CT molecular complexity index is 188. The molecule has 0 aromatic heterocycles. The molecular formula is C8H12O3. The molecule has 3 nitrogen and oxygen atoms in total. The van der Waals surface area contributed by atoms with E-state index in [1.165, 1.54) is 0 Å². The van der Waals surface area contributed by atoms with Gasteiger partial charge in [-0.3, -0.25) is 4.79 Å². The zero-order chi connectivity index (χ0) is 8.01. The summed E-state index contributed by atoms with van der Waals surface area (Å²) in [6, 6.07) is 0. The molecule has 2 aliphatic heterocycles. The number of carbonyl (C=O) groups is 1. The van der Waals surface area contributed by atoms with Crippen molar-refractivity contribution < 1.29 is 14.6 Å². The Morgan fingerprint density at radius 2 is 2.18 bits per heavy atom. The number of ether oxygens (including phenoxy) is 1. The van der Waals surface area contributed by atoms with Crippen LogP contribution in [0.15, 0.2) is 0 Å². The van der Waals surface area contributed by atoms with Crippen LogP contribution < -0.4 is 0 Å². The molecule has 1 N–H and O–H groups in total. The molecular weight excluding hydrogens is 144 g/mol. The van der Waals surface area contributed by atoms with Gasteiger partial charge in [-0.05, 0) is 18.8 Å². The van der Waals surface area contributed by atoms with Gasteiger partial charge in [-0.15, -0.1) is 0 Å². The van der Waals surface area contributed by atoms with Crippen LogP contribution in [0.2, 0.25) is 0 Å². The van der Waals surface area contributed by atoms with E-state index in [9.17, 15) is 4.79 Å². The molecule has 2 heterocycles. The highest BCUT2D eigenvalue weighted by atomic mass is 16.5. The van der Waals surface area contributed by atoms with Crippen molar-refractivity contribution in [2.24, 2.45) is 11.8 Å². The lowest BCUT2D eigenvalue weighted by Crippen LogP contribution is -2.27. The summed E-state index contributed by atoms with van der Waals surface area (Å²) in [7, 11) is 0. The normalized spacial score (nSPS) is 48.1. The van der Waals surface area contributed by atoms with Gasteiger partial charge in [-0.1, -0.05) is 6.92 Å². The first-order chi connectivity index (χ1) is 5.18. The van der Waals surface area contributed by atoms with Crippen molar-refractivity contribution in [3.63, 3.8) is 0 Å². The first kappa shape index (κ1) is 7.10. The number of aliphatic carboxylic acids is 1. The second kappa shape index (κ2) is 2.21. The Morgan fingerprint density at radius 1 is 1.45 bits per heavy atom. The van der Waals surface area contributed by atoms with Crippen molar-refractivity contribution in [2.75, 3.05) is 0 Å². The number of rotatable bonds is 1. The van der Waals surface area contributed by atoms with E-state index in [2.05, 4.69) is 6.92 Å². The first-order valence-corrected chi connectivity index (χ1v) is 4.06. The van der Waals surface area contributed by atoms with E-state index in [-0.39, 0.29) is 18.1 Å². The zero-order valence-electron chi connectivity index (χ0n) is 6.49. The Hall–Kier alpha value is -0.570. The van der Waals surface area contributed by atoms with Crippen LogP contribution in [0.4, 0.5) is 0 Å². The third-order valence-electron chi connectivity index (χ3n) is 2.84. The van der Waals surface area contributed by atoms with E-state index in [0.717, 1.165) is 12.8 Å². The predicted molar refractivity (Wildman–Crippen MR) is 38.2 cm³/mol. The lowest BCUT2D eigenvalue weighted by atomic mass is 9.83. The van der Waals surface area contributed by atoms with Gasteiger partial charge >= 0.3 is 5.97 Å². The van der Waals surface area contributed by atoms with E-state index in [0.29, 0.717) is 5.92 Å². The van der Waals surface area contributed by atoms with Gasteiger partial charge in [0.2, 0.25) is 0 Å². The lowest BCUT2D eigenvalue weighted by Gasteiger charge is -2.17. The van der Waals surface area contributed by atoms with E-state index < -0.39 is 5.97 Å². The highest BCUT2D eigenvalue weighted by molar-refractivity contribution is 5.71. The molecule has 11 heavy (non-hydrogen) atoms. The highest BCUT2D eigenvalue weighted by Crippen LogP contribution is 2.42. The van der Waals surface area contributed by atoms with Crippen LogP contribution in [-0.2, 0) is 9.53 Å². The summed E-state index contributed by atoms with van der Waals surface area (Å²) in [6.45, 7) is 2.13.